The molecule has 0 atom stereocenters. The molecule has 8 nitrogen and oxygen atoms in total. The van der Waals surface area contributed by atoms with E-state index in [9.17, 15) is 9.59 Å². The number of amides is 1. The molecular formula is C25H22ClN5O3S. The van der Waals surface area contributed by atoms with Crippen molar-refractivity contribution >= 4 is 46.6 Å². The van der Waals surface area contributed by atoms with Crippen molar-refractivity contribution in [1.29, 1.82) is 0 Å². The molecule has 3 aromatic carbocycles. The van der Waals surface area contributed by atoms with E-state index in [1.54, 1.807) is 24.3 Å². The number of esters is 1. The minimum Gasteiger partial charge on any atom is -0.465 e. The second-order valence-corrected chi connectivity index (χ2v) is 8.68. The number of nitrogens with one attached hydrogen (secondary N) is 2. The maximum atomic E-state index is 12.7. The van der Waals surface area contributed by atoms with E-state index < -0.39 is 5.97 Å². The number of nitrogens with zero attached hydrogens (tertiary/aromatic N) is 3. The number of aromatic nitrogens is 3. The summed E-state index contributed by atoms with van der Waals surface area (Å²) in [5.41, 5.74) is 2.46. The predicted octanol–water partition coefficient (Wildman–Crippen LogP) is 5.05. The average Bonchev–Trinajstić information content (AvgIpc) is 3.30. The highest BCUT2D eigenvalue weighted by molar-refractivity contribution is 7.99. The molecule has 0 unspecified atom stereocenters. The van der Waals surface area contributed by atoms with Crippen LogP contribution in [-0.2, 0) is 16.1 Å². The minimum absolute atomic E-state index is 0.0745. The van der Waals surface area contributed by atoms with Gasteiger partial charge in [-0.25, -0.2) is 4.79 Å². The summed E-state index contributed by atoms with van der Waals surface area (Å²) in [4.78, 5) is 24.6. The molecule has 0 aliphatic carbocycles. The highest BCUT2D eigenvalue weighted by Gasteiger charge is 2.17. The lowest BCUT2D eigenvalue weighted by molar-refractivity contribution is -0.113. The van der Waals surface area contributed by atoms with Gasteiger partial charge in [0.2, 0.25) is 5.91 Å². The summed E-state index contributed by atoms with van der Waals surface area (Å²) in [6.45, 7) is 0.419. The molecule has 10 heteroatoms. The Hall–Kier alpha value is -3.82. The van der Waals surface area contributed by atoms with E-state index >= 15 is 0 Å². The molecule has 0 saturated heterocycles. The highest BCUT2D eigenvalue weighted by Crippen LogP contribution is 2.24. The molecule has 1 amide bonds. The van der Waals surface area contributed by atoms with E-state index in [0.29, 0.717) is 28.2 Å². The summed E-state index contributed by atoms with van der Waals surface area (Å²) in [6, 6.07) is 23.8. The molecule has 178 valence electrons. The summed E-state index contributed by atoms with van der Waals surface area (Å²) in [5, 5.41) is 16.0. The van der Waals surface area contributed by atoms with Crippen molar-refractivity contribution in [2.75, 3.05) is 23.5 Å². The van der Waals surface area contributed by atoms with Gasteiger partial charge in [-0.2, -0.15) is 0 Å². The molecule has 0 bridgehead atoms. The monoisotopic (exact) mass is 507 g/mol. The zero-order valence-electron chi connectivity index (χ0n) is 18.8. The van der Waals surface area contributed by atoms with Gasteiger partial charge in [0, 0.05) is 16.4 Å². The molecule has 0 fully saturated rings. The Labute approximate surface area is 211 Å². The maximum Gasteiger partial charge on any atom is 0.339 e. The fraction of sp³-hybridized carbons (Fsp3) is 0.120. The van der Waals surface area contributed by atoms with Gasteiger partial charge in [0.05, 0.1) is 30.7 Å². The van der Waals surface area contributed by atoms with E-state index in [2.05, 4.69) is 20.8 Å². The predicted molar refractivity (Wildman–Crippen MR) is 137 cm³/mol. The van der Waals surface area contributed by atoms with E-state index in [0.717, 1.165) is 11.4 Å². The summed E-state index contributed by atoms with van der Waals surface area (Å²) in [6.07, 6.45) is 0. The molecule has 1 heterocycles. The Bertz CT molecular complexity index is 1310. The zero-order chi connectivity index (χ0) is 24.6. The number of methoxy groups -OCH3 is 1. The van der Waals surface area contributed by atoms with Gasteiger partial charge in [-0.1, -0.05) is 53.7 Å². The van der Waals surface area contributed by atoms with Crippen LogP contribution in [0.25, 0.3) is 5.69 Å². The zero-order valence-corrected chi connectivity index (χ0v) is 20.3. The molecular weight excluding hydrogens is 486 g/mol. The number of carbonyl (C=O) groups is 2. The molecule has 0 aliphatic rings. The second kappa shape index (κ2) is 11.5. The average molecular weight is 508 g/mol. The number of carbonyl (C=O) groups excluding carboxylic acids is 2. The second-order valence-electron chi connectivity index (χ2n) is 7.30. The van der Waals surface area contributed by atoms with Crippen molar-refractivity contribution in [3.63, 3.8) is 0 Å². The quantitative estimate of drug-likeness (QED) is 0.241. The maximum absolute atomic E-state index is 12.7. The number of para-hydroxylation sites is 2. The number of ether oxygens (including phenoxy) is 1. The van der Waals surface area contributed by atoms with Crippen molar-refractivity contribution < 1.29 is 14.3 Å². The Morgan fingerprint density at radius 3 is 2.43 bits per heavy atom. The van der Waals surface area contributed by atoms with Crippen LogP contribution in [0.2, 0.25) is 5.02 Å². The standard InChI is InChI=1S/C25H22ClN5O3S/c1-34-24(33)20-9-5-6-10-21(20)28-23(32)16-35-25-30-29-22(31(25)19-7-3-2-4-8-19)15-27-18-13-11-17(26)12-14-18/h2-14,27H,15-16H2,1H3,(H,28,32). The Morgan fingerprint density at radius 1 is 0.971 bits per heavy atom. The third-order valence-electron chi connectivity index (χ3n) is 4.95. The molecule has 2 N–H and O–H groups in total. The molecule has 0 aliphatic heterocycles. The van der Waals surface area contributed by atoms with Crippen LogP contribution in [0.3, 0.4) is 0 Å². The topological polar surface area (TPSA) is 98.1 Å². The van der Waals surface area contributed by atoms with Crippen LogP contribution >= 0.6 is 23.4 Å². The van der Waals surface area contributed by atoms with Crippen LogP contribution < -0.4 is 10.6 Å². The van der Waals surface area contributed by atoms with Gasteiger partial charge in [-0.15, -0.1) is 10.2 Å². The van der Waals surface area contributed by atoms with Crippen molar-refractivity contribution in [2.45, 2.75) is 11.7 Å². The normalized spacial score (nSPS) is 10.6. The van der Waals surface area contributed by atoms with E-state index in [-0.39, 0.29) is 17.2 Å². The molecule has 0 saturated carbocycles. The Morgan fingerprint density at radius 2 is 1.69 bits per heavy atom. The molecule has 1 aromatic heterocycles. The lowest BCUT2D eigenvalue weighted by Gasteiger charge is -2.12. The van der Waals surface area contributed by atoms with Gasteiger partial charge in [-0.3, -0.25) is 9.36 Å². The number of benzene rings is 3. The lowest BCUT2D eigenvalue weighted by Crippen LogP contribution is -2.17. The number of anilines is 2. The van der Waals surface area contributed by atoms with Gasteiger partial charge in [0.25, 0.3) is 0 Å². The number of rotatable bonds is 9. The summed E-state index contributed by atoms with van der Waals surface area (Å²) >= 11 is 7.22. The van der Waals surface area contributed by atoms with Crippen LogP contribution in [0.1, 0.15) is 16.2 Å². The number of halogens is 1. The summed E-state index contributed by atoms with van der Waals surface area (Å²) in [5.74, 6) is -0.0412. The van der Waals surface area contributed by atoms with Crippen LogP contribution in [0.15, 0.2) is 84.0 Å². The Kier molecular flexibility index (Phi) is 8.02. The van der Waals surface area contributed by atoms with Crippen LogP contribution in [0, 0.1) is 0 Å². The summed E-state index contributed by atoms with van der Waals surface area (Å²) in [7, 11) is 1.30. The van der Waals surface area contributed by atoms with Crippen molar-refractivity contribution in [1.82, 2.24) is 14.8 Å². The number of hydrogen-bond acceptors (Lipinski definition) is 7. The Balaban J connectivity index is 1.49. The largest absolute Gasteiger partial charge is 0.465 e. The molecule has 0 spiro atoms. The fourth-order valence-corrected chi connectivity index (χ4v) is 4.19. The van der Waals surface area contributed by atoms with Crippen molar-refractivity contribution in [2.24, 2.45) is 0 Å². The van der Waals surface area contributed by atoms with E-state index in [4.69, 9.17) is 16.3 Å². The van der Waals surface area contributed by atoms with Crippen molar-refractivity contribution in [3.8, 4) is 5.69 Å². The molecule has 4 aromatic rings. The molecule has 0 radical (unpaired) electrons. The smallest absolute Gasteiger partial charge is 0.339 e. The third kappa shape index (κ3) is 6.20. The highest BCUT2D eigenvalue weighted by atomic mass is 35.5. The first-order valence-corrected chi connectivity index (χ1v) is 12.0. The lowest BCUT2D eigenvalue weighted by atomic mass is 10.2. The van der Waals surface area contributed by atoms with Crippen LogP contribution in [0.4, 0.5) is 11.4 Å². The minimum atomic E-state index is -0.518. The first-order valence-electron chi connectivity index (χ1n) is 10.6. The van der Waals surface area contributed by atoms with Gasteiger partial charge < -0.3 is 15.4 Å². The van der Waals surface area contributed by atoms with Crippen molar-refractivity contribution in [3.05, 3.63) is 95.3 Å². The summed E-state index contributed by atoms with van der Waals surface area (Å²) < 4.78 is 6.69. The van der Waals surface area contributed by atoms with Gasteiger partial charge >= 0.3 is 5.97 Å². The number of hydrogen-bond donors (Lipinski definition) is 2. The van der Waals surface area contributed by atoms with Gasteiger partial charge in [0.15, 0.2) is 11.0 Å². The molecule has 35 heavy (non-hydrogen) atoms. The molecule has 4 rings (SSSR count). The fourth-order valence-electron chi connectivity index (χ4n) is 3.29. The van der Waals surface area contributed by atoms with Gasteiger partial charge in [-0.05, 0) is 48.5 Å². The first kappa shape index (κ1) is 24.3. The van der Waals surface area contributed by atoms with Crippen LogP contribution in [-0.4, -0.2) is 39.5 Å². The number of thioether (sulfide) groups is 1. The van der Waals surface area contributed by atoms with Gasteiger partial charge in [0.1, 0.15) is 0 Å². The SMILES string of the molecule is COC(=O)c1ccccc1NC(=O)CSc1nnc(CNc2ccc(Cl)cc2)n1-c1ccccc1. The first-order chi connectivity index (χ1) is 17.0. The van der Waals surface area contributed by atoms with Crippen LogP contribution in [0.5, 0.6) is 0 Å². The van der Waals surface area contributed by atoms with E-state index in [1.807, 2.05) is 59.2 Å². The van der Waals surface area contributed by atoms with E-state index in [1.165, 1.54) is 18.9 Å². The third-order valence-corrected chi connectivity index (χ3v) is 6.13.